The summed E-state index contributed by atoms with van der Waals surface area (Å²) >= 11 is 12.1. The minimum absolute atomic E-state index is 0.0377. The molecule has 0 spiro atoms. The summed E-state index contributed by atoms with van der Waals surface area (Å²) < 4.78 is 48.3. The summed E-state index contributed by atoms with van der Waals surface area (Å²) in [5.74, 6) is -1.14. The number of halogens is 2. The quantitative estimate of drug-likeness (QED) is 0.569. The Labute approximate surface area is 185 Å². The van der Waals surface area contributed by atoms with E-state index in [1.807, 2.05) is 0 Å². The van der Waals surface area contributed by atoms with Crippen molar-refractivity contribution < 1.29 is 21.6 Å². The first kappa shape index (κ1) is 22.9. The summed E-state index contributed by atoms with van der Waals surface area (Å²) in [4.78, 5) is 22.3. The van der Waals surface area contributed by atoms with Crippen LogP contribution in [0.5, 0.6) is 0 Å². The van der Waals surface area contributed by atoms with E-state index in [9.17, 15) is 21.6 Å². The molecule has 0 bridgehead atoms. The number of hydrogen-bond donors (Lipinski definition) is 0. The van der Waals surface area contributed by atoms with Gasteiger partial charge in [-0.2, -0.15) is 0 Å². The third kappa shape index (κ3) is 5.11. The third-order valence-corrected chi connectivity index (χ3v) is 8.51. The second-order valence-corrected chi connectivity index (χ2v) is 12.1. The second-order valence-electron chi connectivity index (χ2n) is 6.87. The lowest BCUT2D eigenvalue weighted by Gasteiger charge is -2.28. The van der Waals surface area contributed by atoms with Gasteiger partial charge < -0.3 is 4.90 Å². The average molecular weight is 492 g/mol. The Morgan fingerprint density at radius 1 is 1.30 bits per heavy atom. The number of aromatic nitrogens is 2. The molecule has 2 heterocycles. The summed E-state index contributed by atoms with van der Waals surface area (Å²) in [6, 6.07) is 6.22. The highest BCUT2D eigenvalue weighted by Gasteiger charge is 2.36. The van der Waals surface area contributed by atoms with E-state index in [-0.39, 0.29) is 40.9 Å². The van der Waals surface area contributed by atoms with Crippen molar-refractivity contribution >= 4 is 48.8 Å². The summed E-state index contributed by atoms with van der Waals surface area (Å²) in [5, 5.41) is -0.151. The van der Waals surface area contributed by atoms with E-state index in [1.54, 1.807) is 24.3 Å². The van der Waals surface area contributed by atoms with Gasteiger partial charge in [0.1, 0.15) is 0 Å². The molecule has 1 atom stereocenters. The molecule has 1 fully saturated rings. The van der Waals surface area contributed by atoms with Gasteiger partial charge in [-0.3, -0.25) is 4.79 Å². The lowest BCUT2D eigenvalue weighted by Crippen LogP contribution is -2.41. The van der Waals surface area contributed by atoms with E-state index in [1.165, 1.54) is 11.8 Å². The smallest absolute Gasteiger partial charge is 0.274 e. The molecule has 1 saturated heterocycles. The molecule has 0 unspecified atom stereocenters. The van der Waals surface area contributed by atoms with Crippen LogP contribution in [0, 0.1) is 0 Å². The first-order valence-electron chi connectivity index (χ1n) is 9.03. The van der Waals surface area contributed by atoms with E-state index in [2.05, 4.69) is 9.97 Å². The van der Waals surface area contributed by atoms with Gasteiger partial charge in [0.05, 0.1) is 28.5 Å². The predicted octanol–water partition coefficient (Wildman–Crippen LogP) is 2.41. The Bertz CT molecular complexity index is 1190. The Kier molecular flexibility index (Phi) is 6.71. The number of sulfone groups is 2. The Balaban J connectivity index is 2.03. The summed E-state index contributed by atoms with van der Waals surface area (Å²) in [5.41, 5.74) is 0.400. The highest BCUT2D eigenvalue weighted by Crippen LogP contribution is 2.25. The van der Waals surface area contributed by atoms with Crippen LogP contribution in [0.3, 0.4) is 0 Å². The number of rotatable bonds is 6. The van der Waals surface area contributed by atoms with E-state index in [4.69, 9.17) is 23.2 Å². The van der Waals surface area contributed by atoms with Gasteiger partial charge in [-0.15, -0.1) is 0 Å². The normalized spacial score (nSPS) is 18.3. The molecule has 8 nitrogen and oxygen atoms in total. The van der Waals surface area contributed by atoms with Crippen LogP contribution >= 0.6 is 23.2 Å². The molecule has 0 aliphatic carbocycles. The number of benzene rings is 1. The topological polar surface area (TPSA) is 114 Å². The highest BCUT2D eigenvalue weighted by molar-refractivity contribution is 7.91. The molecule has 30 heavy (non-hydrogen) atoms. The highest BCUT2D eigenvalue weighted by atomic mass is 35.5. The molecule has 1 aliphatic rings. The van der Waals surface area contributed by atoms with Crippen molar-refractivity contribution in [3.63, 3.8) is 0 Å². The molecular weight excluding hydrogens is 473 g/mol. The minimum atomic E-state index is -3.76. The Hall–Kier alpha value is -1.75. The Morgan fingerprint density at radius 3 is 2.63 bits per heavy atom. The van der Waals surface area contributed by atoms with Gasteiger partial charge in [0, 0.05) is 17.6 Å². The van der Waals surface area contributed by atoms with Crippen molar-refractivity contribution in [2.75, 3.05) is 17.3 Å². The number of carbonyl (C=O) groups excluding carboxylic acids is 1. The number of hydrogen-bond acceptors (Lipinski definition) is 7. The molecule has 2 aromatic rings. The van der Waals surface area contributed by atoms with Crippen LogP contribution in [-0.2, 0) is 26.2 Å². The monoisotopic (exact) mass is 491 g/mol. The molecule has 3 rings (SSSR count). The molecule has 0 radical (unpaired) electrons. The molecule has 1 aromatic heterocycles. The molecular formula is C18H19Cl2N3O5S2. The number of carbonyl (C=O) groups is 1. The van der Waals surface area contributed by atoms with Gasteiger partial charge in [-0.05, 0) is 24.1 Å². The maximum Gasteiger partial charge on any atom is 0.274 e. The van der Waals surface area contributed by atoms with Gasteiger partial charge in [0.15, 0.2) is 15.5 Å². The van der Waals surface area contributed by atoms with E-state index in [0.29, 0.717) is 10.6 Å². The lowest BCUT2D eigenvalue weighted by atomic mass is 10.1. The predicted molar refractivity (Wildman–Crippen MR) is 113 cm³/mol. The first-order valence-corrected chi connectivity index (χ1v) is 13.3. The zero-order valence-electron chi connectivity index (χ0n) is 16.0. The van der Waals surface area contributed by atoms with E-state index in [0.717, 1.165) is 6.20 Å². The van der Waals surface area contributed by atoms with E-state index < -0.39 is 36.8 Å². The van der Waals surface area contributed by atoms with Gasteiger partial charge in [0.25, 0.3) is 5.91 Å². The summed E-state index contributed by atoms with van der Waals surface area (Å²) in [7, 11) is -7.05. The van der Waals surface area contributed by atoms with Crippen molar-refractivity contribution in [2.24, 2.45) is 0 Å². The number of nitrogens with zero attached hydrogens (tertiary/aromatic N) is 3. The van der Waals surface area contributed by atoms with Crippen molar-refractivity contribution in [2.45, 2.75) is 31.1 Å². The van der Waals surface area contributed by atoms with Gasteiger partial charge in [-0.25, -0.2) is 26.8 Å². The largest absolute Gasteiger partial charge is 0.329 e. The van der Waals surface area contributed by atoms with Crippen molar-refractivity contribution in [1.82, 2.24) is 14.9 Å². The molecule has 12 heteroatoms. The zero-order chi connectivity index (χ0) is 22.1. The summed E-state index contributed by atoms with van der Waals surface area (Å²) in [6.07, 6.45) is 1.32. The van der Waals surface area contributed by atoms with Crippen LogP contribution in [-0.4, -0.2) is 60.9 Å². The van der Waals surface area contributed by atoms with Crippen LogP contribution in [0.15, 0.2) is 35.6 Å². The molecule has 1 aromatic carbocycles. The molecule has 0 N–H and O–H groups in total. The van der Waals surface area contributed by atoms with Gasteiger partial charge >= 0.3 is 0 Å². The average Bonchev–Trinajstić information content (AvgIpc) is 3.05. The third-order valence-electron chi connectivity index (χ3n) is 4.73. The van der Waals surface area contributed by atoms with Crippen LogP contribution < -0.4 is 0 Å². The molecule has 1 aliphatic heterocycles. The van der Waals surface area contributed by atoms with Crippen molar-refractivity contribution in [3.05, 3.63) is 51.8 Å². The van der Waals surface area contributed by atoms with Gasteiger partial charge in [0.2, 0.25) is 15.0 Å². The van der Waals surface area contributed by atoms with Crippen LogP contribution in [0.25, 0.3) is 0 Å². The standard InChI is InChI=1S/C18H19Cl2N3O5S2/c1-2-30(27,28)18-21-9-15(20)16(22-18)17(24)23(14-6-7-29(25,26)11-14)10-12-4-3-5-13(19)8-12/h3-5,8-9,14H,2,6-7,10-11H2,1H3/t14-/m0/s1. The summed E-state index contributed by atoms with van der Waals surface area (Å²) in [6.45, 7) is 1.50. The number of amides is 1. The molecule has 162 valence electrons. The fourth-order valence-electron chi connectivity index (χ4n) is 3.14. The zero-order valence-corrected chi connectivity index (χ0v) is 19.1. The van der Waals surface area contributed by atoms with Gasteiger partial charge in [-0.1, -0.05) is 42.3 Å². The molecule has 0 saturated carbocycles. The SMILES string of the molecule is CCS(=O)(=O)c1ncc(Cl)c(C(=O)N(Cc2cccc(Cl)c2)[C@H]2CCS(=O)(=O)C2)n1. The minimum Gasteiger partial charge on any atom is -0.329 e. The van der Waals surface area contributed by atoms with Crippen LogP contribution in [0.1, 0.15) is 29.4 Å². The molecule has 1 amide bonds. The second kappa shape index (κ2) is 8.78. The first-order chi connectivity index (χ1) is 14.0. The van der Waals surface area contributed by atoms with Crippen LogP contribution in [0.2, 0.25) is 10.0 Å². The van der Waals surface area contributed by atoms with Crippen LogP contribution in [0.4, 0.5) is 0 Å². The van der Waals surface area contributed by atoms with Crippen molar-refractivity contribution in [3.8, 4) is 0 Å². The van der Waals surface area contributed by atoms with E-state index >= 15 is 0 Å². The maximum atomic E-state index is 13.3. The Morgan fingerprint density at radius 2 is 2.03 bits per heavy atom. The fraction of sp³-hybridized carbons (Fsp3) is 0.389. The van der Waals surface area contributed by atoms with Crippen molar-refractivity contribution in [1.29, 1.82) is 0 Å². The lowest BCUT2D eigenvalue weighted by molar-refractivity contribution is 0.0674. The fourth-order valence-corrected chi connectivity index (χ4v) is 5.95. The maximum absolute atomic E-state index is 13.3.